The summed E-state index contributed by atoms with van der Waals surface area (Å²) in [6, 6.07) is 16.7. The first-order valence-corrected chi connectivity index (χ1v) is 12.9. The number of rotatable bonds is 7. The van der Waals surface area contributed by atoms with Crippen molar-refractivity contribution in [3.8, 4) is 6.07 Å². The Balaban J connectivity index is 1.43. The van der Waals surface area contributed by atoms with Crippen LogP contribution < -0.4 is 0 Å². The maximum absolute atomic E-state index is 13.6. The highest BCUT2D eigenvalue weighted by Crippen LogP contribution is 2.35. The molecule has 2 fully saturated rings. The van der Waals surface area contributed by atoms with Gasteiger partial charge in [-0.1, -0.05) is 55.7 Å². The maximum Gasteiger partial charge on any atom is 0.143 e. The molecule has 1 saturated heterocycles. The molecule has 2 aliphatic rings. The fourth-order valence-corrected chi connectivity index (χ4v) is 6.25. The van der Waals surface area contributed by atoms with Crippen molar-refractivity contribution < 1.29 is 4.79 Å². The molecular weight excluding hydrogens is 404 g/mol. The lowest BCUT2D eigenvalue weighted by atomic mass is 9.77. The minimum atomic E-state index is -0.153. The lowest BCUT2D eigenvalue weighted by Crippen LogP contribution is -2.36. The molecule has 0 aromatic heterocycles. The molecule has 174 valence electrons. The van der Waals surface area contributed by atoms with Gasteiger partial charge in [-0.2, -0.15) is 5.26 Å². The summed E-state index contributed by atoms with van der Waals surface area (Å²) in [5.74, 6) is 1.04. The van der Waals surface area contributed by atoms with E-state index in [9.17, 15) is 10.1 Å². The van der Waals surface area contributed by atoms with E-state index in [2.05, 4.69) is 43.0 Å². The summed E-state index contributed by atoms with van der Waals surface area (Å²) in [5.41, 5.74) is 5.99. The minimum Gasteiger partial charge on any atom is -0.303 e. The molecule has 1 aliphatic heterocycles. The van der Waals surface area contributed by atoms with Crippen LogP contribution >= 0.6 is 0 Å². The molecule has 1 heterocycles. The Bertz CT molecular complexity index is 970. The van der Waals surface area contributed by atoms with Crippen molar-refractivity contribution >= 4 is 5.78 Å². The second-order valence-corrected chi connectivity index (χ2v) is 10.2. The summed E-state index contributed by atoms with van der Waals surface area (Å²) >= 11 is 0. The van der Waals surface area contributed by atoms with Crippen molar-refractivity contribution in [1.29, 1.82) is 5.26 Å². The van der Waals surface area contributed by atoms with Crippen molar-refractivity contribution in [3.05, 3.63) is 70.3 Å². The molecule has 3 nitrogen and oxygen atoms in total. The Labute approximate surface area is 199 Å². The molecule has 2 aromatic carbocycles. The van der Waals surface area contributed by atoms with Crippen LogP contribution in [0.15, 0.2) is 42.5 Å². The molecule has 3 heteroatoms. The first-order chi connectivity index (χ1) is 16.1. The highest BCUT2D eigenvalue weighted by molar-refractivity contribution is 5.88. The van der Waals surface area contributed by atoms with Crippen LogP contribution in [0.3, 0.4) is 0 Å². The highest BCUT2D eigenvalue weighted by Gasteiger charge is 2.31. The summed E-state index contributed by atoms with van der Waals surface area (Å²) in [4.78, 5) is 16.2. The predicted octanol–water partition coefficient (Wildman–Crippen LogP) is 6.68. The third-order valence-electron chi connectivity index (χ3n) is 8.08. The summed E-state index contributed by atoms with van der Waals surface area (Å²) in [7, 11) is 0. The van der Waals surface area contributed by atoms with Gasteiger partial charge in [0.1, 0.15) is 5.78 Å². The second-order valence-electron chi connectivity index (χ2n) is 10.2. The number of Topliss-reactive ketones (excluding diaryl/α,β-unsaturated/α-hetero) is 1. The highest BCUT2D eigenvalue weighted by atomic mass is 16.1. The third kappa shape index (κ3) is 5.56. The fraction of sp³-hybridized carbons (Fsp3) is 0.533. The lowest BCUT2D eigenvalue weighted by molar-refractivity contribution is -0.125. The number of hydrogen-bond donors (Lipinski definition) is 0. The number of carbonyl (C=O) groups excluding carboxylic acids is 1. The van der Waals surface area contributed by atoms with Gasteiger partial charge in [-0.15, -0.1) is 0 Å². The molecule has 0 bridgehead atoms. The predicted molar refractivity (Wildman–Crippen MR) is 134 cm³/mol. The van der Waals surface area contributed by atoms with Crippen LogP contribution in [0.4, 0.5) is 0 Å². The summed E-state index contributed by atoms with van der Waals surface area (Å²) in [6.45, 7) is 7.58. The van der Waals surface area contributed by atoms with Crippen LogP contribution in [0.25, 0.3) is 0 Å². The molecule has 1 atom stereocenters. The van der Waals surface area contributed by atoms with Gasteiger partial charge < -0.3 is 4.90 Å². The van der Waals surface area contributed by atoms with Crippen molar-refractivity contribution in [2.24, 2.45) is 5.92 Å². The van der Waals surface area contributed by atoms with E-state index in [1.54, 1.807) is 5.56 Å². The van der Waals surface area contributed by atoms with Crippen LogP contribution in [-0.2, 0) is 4.79 Å². The van der Waals surface area contributed by atoms with Crippen LogP contribution in [-0.4, -0.2) is 30.3 Å². The Morgan fingerprint density at radius 2 is 1.64 bits per heavy atom. The van der Waals surface area contributed by atoms with Crippen LogP contribution in [0.2, 0.25) is 0 Å². The number of nitriles is 1. The van der Waals surface area contributed by atoms with E-state index in [1.165, 1.54) is 30.4 Å². The third-order valence-corrected chi connectivity index (χ3v) is 8.08. The summed E-state index contributed by atoms with van der Waals surface area (Å²) in [5, 5.41) is 9.69. The maximum atomic E-state index is 13.6. The van der Waals surface area contributed by atoms with Gasteiger partial charge >= 0.3 is 0 Å². The van der Waals surface area contributed by atoms with Gasteiger partial charge in [-0.3, -0.25) is 4.79 Å². The normalized spacial score (nSPS) is 19.2. The average molecular weight is 443 g/mol. The first-order valence-electron chi connectivity index (χ1n) is 12.9. The second kappa shape index (κ2) is 11.1. The van der Waals surface area contributed by atoms with Crippen molar-refractivity contribution in [1.82, 2.24) is 4.90 Å². The van der Waals surface area contributed by atoms with E-state index < -0.39 is 0 Å². The molecule has 0 N–H and O–H groups in total. The molecule has 0 radical (unpaired) electrons. The quantitative estimate of drug-likeness (QED) is 0.480. The average Bonchev–Trinajstić information content (AvgIpc) is 2.85. The van der Waals surface area contributed by atoms with E-state index in [0.29, 0.717) is 17.3 Å². The van der Waals surface area contributed by atoms with Crippen molar-refractivity contribution in [2.75, 3.05) is 19.6 Å². The molecule has 1 unspecified atom stereocenters. The van der Waals surface area contributed by atoms with Crippen LogP contribution in [0, 0.1) is 31.1 Å². The van der Waals surface area contributed by atoms with Crippen molar-refractivity contribution in [3.63, 3.8) is 0 Å². The van der Waals surface area contributed by atoms with Gasteiger partial charge in [0.2, 0.25) is 0 Å². The minimum absolute atomic E-state index is 0.153. The number of likely N-dealkylation sites (tertiary alicyclic amines) is 1. The number of benzene rings is 2. The van der Waals surface area contributed by atoms with Crippen LogP contribution in [0.5, 0.6) is 0 Å². The van der Waals surface area contributed by atoms with Crippen LogP contribution in [0.1, 0.15) is 91.0 Å². The van der Waals surface area contributed by atoms with E-state index in [0.717, 1.165) is 57.3 Å². The molecule has 2 aromatic rings. The topological polar surface area (TPSA) is 44.1 Å². The zero-order valence-corrected chi connectivity index (χ0v) is 20.4. The zero-order chi connectivity index (χ0) is 23.2. The summed E-state index contributed by atoms with van der Waals surface area (Å²) < 4.78 is 0. The Kier molecular flexibility index (Phi) is 7.99. The molecule has 0 amide bonds. The molecule has 1 saturated carbocycles. The van der Waals surface area contributed by atoms with Gasteiger partial charge in [-0.25, -0.2) is 0 Å². The SMILES string of the molecule is Cc1cccc(C)c1C1CCN(CCC(C(=O)C2CCCCC2)c2ccccc2C#N)CC1. The molecule has 33 heavy (non-hydrogen) atoms. The number of carbonyl (C=O) groups is 1. The lowest BCUT2D eigenvalue weighted by Gasteiger charge is -2.34. The molecular formula is C30H38N2O. The van der Waals surface area contributed by atoms with E-state index in [-0.39, 0.29) is 11.8 Å². The Morgan fingerprint density at radius 3 is 2.30 bits per heavy atom. The molecule has 1 aliphatic carbocycles. The Morgan fingerprint density at radius 1 is 0.970 bits per heavy atom. The number of ketones is 1. The van der Waals surface area contributed by atoms with Crippen molar-refractivity contribution in [2.45, 2.75) is 77.0 Å². The molecule has 0 spiro atoms. The number of piperidine rings is 1. The number of nitrogens with zero attached hydrogens (tertiary/aromatic N) is 2. The largest absolute Gasteiger partial charge is 0.303 e. The van der Waals surface area contributed by atoms with Gasteiger partial charge in [0.15, 0.2) is 0 Å². The number of hydrogen-bond acceptors (Lipinski definition) is 3. The van der Waals surface area contributed by atoms with E-state index >= 15 is 0 Å². The fourth-order valence-electron chi connectivity index (χ4n) is 6.25. The standard InChI is InChI=1S/C30H38N2O/c1-22-9-8-10-23(2)29(22)24-15-18-32(19-16-24)20-17-28(27-14-7-6-13-26(27)21-31)30(33)25-11-4-3-5-12-25/h6-10,13-14,24-25,28H,3-5,11-12,15-20H2,1-2H3. The zero-order valence-electron chi connectivity index (χ0n) is 20.4. The van der Waals surface area contributed by atoms with Gasteiger partial charge in [0.25, 0.3) is 0 Å². The van der Waals surface area contributed by atoms with Gasteiger partial charge in [0.05, 0.1) is 11.6 Å². The Hall–Kier alpha value is -2.44. The van der Waals surface area contributed by atoms with E-state index in [1.807, 2.05) is 24.3 Å². The smallest absolute Gasteiger partial charge is 0.143 e. The summed E-state index contributed by atoms with van der Waals surface area (Å²) in [6.07, 6.45) is 8.80. The van der Waals surface area contributed by atoms with Gasteiger partial charge in [0, 0.05) is 11.8 Å². The van der Waals surface area contributed by atoms with Gasteiger partial charge in [-0.05, 0) is 99.8 Å². The monoisotopic (exact) mass is 442 g/mol. The first kappa shape index (κ1) is 23.7. The number of aryl methyl sites for hydroxylation is 2. The van der Waals surface area contributed by atoms with E-state index in [4.69, 9.17) is 0 Å². The molecule has 4 rings (SSSR count).